The van der Waals surface area contributed by atoms with Crippen molar-refractivity contribution in [3.8, 4) is 0 Å². The van der Waals surface area contributed by atoms with E-state index >= 15 is 0 Å². The van der Waals surface area contributed by atoms with Crippen molar-refractivity contribution < 1.29 is 9.90 Å². The topological polar surface area (TPSA) is 78.9 Å². The molecule has 0 unspecified atom stereocenters. The molecule has 0 atom stereocenters. The third-order valence-electron chi connectivity index (χ3n) is 1.75. The van der Waals surface area contributed by atoms with Gasteiger partial charge in [-0.05, 0) is 17.8 Å². The molecule has 0 fully saturated rings. The highest BCUT2D eigenvalue weighted by atomic mass is 35.5. The van der Waals surface area contributed by atoms with Crippen LogP contribution in [0, 0.1) is 0 Å². The summed E-state index contributed by atoms with van der Waals surface area (Å²) in [7, 11) is 0. The van der Waals surface area contributed by atoms with Gasteiger partial charge in [0, 0.05) is 18.6 Å². The number of hydrogen-bond acceptors (Lipinski definition) is 4. The van der Waals surface area contributed by atoms with E-state index in [9.17, 15) is 4.79 Å². The van der Waals surface area contributed by atoms with E-state index in [1.54, 1.807) is 12.4 Å². The summed E-state index contributed by atoms with van der Waals surface area (Å²) in [5.41, 5.74) is 0.0331. The smallest absolute Gasteiger partial charge is 0.337 e. The Morgan fingerprint density at radius 3 is 2.88 bits per heavy atom. The first-order chi connectivity index (χ1) is 7.68. The second kappa shape index (κ2) is 4.54. The monoisotopic (exact) mass is 255 g/mol. The molecule has 2 aromatic rings. The quantitative estimate of drug-likeness (QED) is 0.880. The van der Waals surface area contributed by atoms with Gasteiger partial charge in [0.2, 0.25) is 0 Å². The second-order valence-corrected chi connectivity index (χ2v) is 4.13. The number of carboxylic acid groups (broad SMARTS) is 1. The molecule has 0 aliphatic rings. The van der Waals surface area contributed by atoms with Crippen LogP contribution in [0.5, 0.6) is 0 Å². The summed E-state index contributed by atoms with van der Waals surface area (Å²) >= 11 is 7.09. The molecule has 2 N–H and O–H groups in total. The largest absolute Gasteiger partial charge is 0.478 e. The van der Waals surface area contributed by atoms with Crippen LogP contribution in [0.2, 0.25) is 5.02 Å². The van der Waals surface area contributed by atoms with Gasteiger partial charge in [0.1, 0.15) is 5.03 Å². The molecule has 16 heavy (non-hydrogen) atoms. The number of nitrogens with zero attached hydrogens (tertiary/aromatic N) is 2. The highest BCUT2D eigenvalue weighted by molar-refractivity contribution is 7.99. The third kappa shape index (κ3) is 2.17. The minimum Gasteiger partial charge on any atom is -0.478 e. The fourth-order valence-electron chi connectivity index (χ4n) is 1.06. The number of imidazole rings is 1. The SMILES string of the molecule is O=C(O)c1ccnc(Sc2ncc[nH]2)c1Cl. The highest BCUT2D eigenvalue weighted by Crippen LogP contribution is 2.31. The zero-order valence-electron chi connectivity index (χ0n) is 7.85. The first-order valence-corrected chi connectivity index (χ1v) is 5.43. The van der Waals surface area contributed by atoms with E-state index in [-0.39, 0.29) is 10.6 Å². The lowest BCUT2D eigenvalue weighted by Crippen LogP contribution is -1.99. The van der Waals surface area contributed by atoms with Gasteiger partial charge >= 0.3 is 5.97 Å². The molecule has 2 heterocycles. The third-order valence-corrected chi connectivity index (χ3v) is 3.17. The maximum atomic E-state index is 10.8. The van der Waals surface area contributed by atoms with Crippen LogP contribution < -0.4 is 0 Å². The molecule has 0 aliphatic heterocycles. The van der Waals surface area contributed by atoms with E-state index in [2.05, 4.69) is 15.0 Å². The number of pyridine rings is 1. The molecular weight excluding hydrogens is 250 g/mol. The van der Waals surface area contributed by atoms with Crippen molar-refractivity contribution in [1.82, 2.24) is 15.0 Å². The molecule has 0 aliphatic carbocycles. The maximum absolute atomic E-state index is 10.8. The molecule has 5 nitrogen and oxygen atoms in total. The number of aromatic amines is 1. The highest BCUT2D eigenvalue weighted by Gasteiger charge is 2.14. The zero-order chi connectivity index (χ0) is 11.5. The van der Waals surface area contributed by atoms with Gasteiger partial charge in [0.15, 0.2) is 5.16 Å². The number of halogens is 1. The van der Waals surface area contributed by atoms with Crippen LogP contribution in [0.15, 0.2) is 34.8 Å². The Morgan fingerprint density at radius 2 is 2.25 bits per heavy atom. The Labute approximate surface area is 99.9 Å². The van der Waals surface area contributed by atoms with Crippen LogP contribution in [0.4, 0.5) is 0 Å². The Hall–Kier alpha value is -1.53. The number of carbonyl (C=O) groups is 1. The molecule has 0 spiro atoms. The minimum absolute atomic E-state index is 0.0331. The molecule has 82 valence electrons. The Bertz CT molecular complexity index is 515. The van der Waals surface area contributed by atoms with Gasteiger partial charge in [0.25, 0.3) is 0 Å². The number of aromatic nitrogens is 3. The number of aromatic carboxylic acids is 1. The molecule has 0 amide bonds. The number of hydrogen-bond donors (Lipinski definition) is 2. The van der Waals surface area contributed by atoms with Crippen molar-refractivity contribution in [3.05, 3.63) is 35.2 Å². The fraction of sp³-hybridized carbons (Fsp3) is 0. The average molecular weight is 256 g/mol. The molecule has 0 saturated heterocycles. The van der Waals surface area contributed by atoms with E-state index in [1.165, 1.54) is 24.0 Å². The normalized spacial score (nSPS) is 10.3. The molecule has 2 rings (SSSR count). The lowest BCUT2D eigenvalue weighted by atomic mass is 10.3. The van der Waals surface area contributed by atoms with Gasteiger partial charge in [-0.15, -0.1) is 0 Å². The number of H-pyrrole nitrogens is 1. The summed E-state index contributed by atoms with van der Waals surface area (Å²) in [5, 5.41) is 10.0. The molecule has 2 aromatic heterocycles. The Morgan fingerprint density at radius 1 is 1.44 bits per heavy atom. The van der Waals surface area contributed by atoms with Gasteiger partial charge in [-0.1, -0.05) is 11.6 Å². The maximum Gasteiger partial charge on any atom is 0.337 e. The second-order valence-electron chi connectivity index (χ2n) is 2.78. The number of nitrogens with one attached hydrogen (secondary N) is 1. The van der Waals surface area contributed by atoms with Crippen molar-refractivity contribution in [2.45, 2.75) is 10.2 Å². The zero-order valence-corrected chi connectivity index (χ0v) is 9.42. The van der Waals surface area contributed by atoms with Gasteiger partial charge in [0.05, 0.1) is 10.6 Å². The van der Waals surface area contributed by atoms with Crippen LogP contribution in [-0.4, -0.2) is 26.0 Å². The summed E-state index contributed by atoms with van der Waals surface area (Å²) in [4.78, 5) is 21.7. The van der Waals surface area contributed by atoms with Crippen molar-refractivity contribution in [1.29, 1.82) is 0 Å². The summed E-state index contributed by atoms with van der Waals surface area (Å²) in [6, 6.07) is 1.36. The molecule has 0 saturated carbocycles. The average Bonchev–Trinajstić information content (AvgIpc) is 2.73. The standard InChI is InChI=1S/C9H6ClN3O2S/c10-6-5(8(14)15)1-2-11-7(6)16-9-12-3-4-13-9/h1-4H,(H,12,13)(H,14,15). The van der Waals surface area contributed by atoms with Crippen molar-refractivity contribution >= 4 is 29.3 Å². The first-order valence-electron chi connectivity index (χ1n) is 4.23. The fourth-order valence-corrected chi connectivity index (χ4v) is 2.10. The van der Waals surface area contributed by atoms with E-state index in [4.69, 9.17) is 16.7 Å². The predicted molar refractivity (Wildman–Crippen MR) is 58.9 cm³/mol. The molecule has 7 heteroatoms. The van der Waals surface area contributed by atoms with Gasteiger partial charge in [-0.3, -0.25) is 0 Å². The minimum atomic E-state index is -1.08. The summed E-state index contributed by atoms with van der Waals surface area (Å²) < 4.78 is 0. The number of rotatable bonds is 3. The van der Waals surface area contributed by atoms with Crippen LogP contribution in [0.3, 0.4) is 0 Å². The van der Waals surface area contributed by atoms with Crippen molar-refractivity contribution in [2.75, 3.05) is 0 Å². The lowest BCUT2D eigenvalue weighted by Gasteiger charge is -2.03. The molecule has 0 radical (unpaired) electrons. The van der Waals surface area contributed by atoms with Crippen LogP contribution in [0.25, 0.3) is 0 Å². The first kappa shape index (κ1) is 11.0. The predicted octanol–water partition coefficient (Wildman–Crippen LogP) is 2.31. The van der Waals surface area contributed by atoms with Gasteiger partial charge in [-0.25, -0.2) is 14.8 Å². The lowest BCUT2D eigenvalue weighted by molar-refractivity contribution is 0.0696. The van der Waals surface area contributed by atoms with E-state index in [0.29, 0.717) is 10.2 Å². The van der Waals surface area contributed by atoms with E-state index in [0.717, 1.165) is 0 Å². The molecule has 0 bridgehead atoms. The van der Waals surface area contributed by atoms with Crippen LogP contribution in [0.1, 0.15) is 10.4 Å². The van der Waals surface area contributed by atoms with Crippen LogP contribution in [-0.2, 0) is 0 Å². The van der Waals surface area contributed by atoms with E-state index < -0.39 is 5.97 Å². The van der Waals surface area contributed by atoms with Crippen molar-refractivity contribution in [2.24, 2.45) is 0 Å². The summed E-state index contributed by atoms with van der Waals surface area (Å²) in [5.74, 6) is -1.08. The van der Waals surface area contributed by atoms with Gasteiger partial charge < -0.3 is 10.1 Å². The molecular formula is C9H6ClN3O2S. The van der Waals surface area contributed by atoms with E-state index in [1.807, 2.05) is 0 Å². The summed E-state index contributed by atoms with van der Waals surface area (Å²) in [6.45, 7) is 0. The van der Waals surface area contributed by atoms with Crippen LogP contribution >= 0.6 is 23.4 Å². The van der Waals surface area contributed by atoms with Crippen molar-refractivity contribution in [3.63, 3.8) is 0 Å². The molecule has 0 aromatic carbocycles. The summed E-state index contributed by atoms with van der Waals surface area (Å²) in [6.07, 6.45) is 4.66. The number of carboxylic acids is 1. The van der Waals surface area contributed by atoms with Gasteiger partial charge in [-0.2, -0.15) is 0 Å². The Balaban J connectivity index is 2.35. The Kier molecular flexibility index (Phi) is 3.12.